The average Bonchev–Trinajstić information content (AvgIpc) is 2.72. The molecule has 0 aliphatic carbocycles. The summed E-state index contributed by atoms with van der Waals surface area (Å²) >= 11 is 0. The first kappa shape index (κ1) is 19.9. The van der Waals surface area contributed by atoms with Gasteiger partial charge in [-0.1, -0.05) is 66.7 Å². The number of hydrogen-bond acceptors (Lipinski definition) is 3. The van der Waals surface area contributed by atoms with Gasteiger partial charge in [0.1, 0.15) is 12.6 Å². The van der Waals surface area contributed by atoms with Crippen molar-refractivity contribution < 1.29 is 22.5 Å². The van der Waals surface area contributed by atoms with Crippen LogP contribution in [0.25, 0.3) is 10.8 Å². The highest BCUT2D eigenvalue weighted by Crippen LogP contribution is 2.22. The Balaban J connectivity index is 1.65. The third-order valence-electron chi connectivity index (χ3n) is 4.15. The van der Waals surface area contributed by atoms with E-state index in [4.69, 9.17) is 4.74 Å². The number of halogens is 2. The molecular formula is C21H19F2NO3S. The topological polar surface area (TPSA) is 55.4 Å². The molecule has 4 nitrogen and oxygen atoms in total. The normalized spacial score (nSPS) is 13.2. The molecule has 0 heterocycles. The standard InChI is InChI=1S/C21H19F2NO3S/c22-20(23)18(24-21(25)27-13-15-7-2-1-3-8-15)14-28(26)19-12-6-10-16-9-4-5-11-17(16)19/h1-12,18,20H,13-14H2,(H,24,25)/t18-,28?/m0/s1. The van der Waals surface area contributed by atoms with Gasteiger partial charge in [0, 0.05) is 4.90 Å². The number of fused-ring (bicyclic) bond motifs is 1. The van der Waals surface area contributed by atoms with Crippen LogP contribution in [-0.2, 0) is 22.1 Å². The van der Waals surface area contributed by atoms with Crippen LogP contribution < -0.4 is 5.32 Å². The Bertz CT molecular complexity index is 961. The maximum Gasteiger partial charge on any atom is 0.407 e. The second kappa shape index (κ2) is 9.41. The highest BCUT2D eigenvalue weighted by atomic mass is 32.2. The van der Waals surface area contributed by atoms with E-state index in [0.717, 1.165) is 16.3 Å². The third kappa shape index (κ3) is 5.13. The Labute approximate surface area is 164 Å². The van der Waals surface area contributed by atoms with E-state index < -0.39 is 35.1 Å². The molecule has 0 fully saturated rings. The lowest BCUT2D eigenvalue weighted by Crippen LogP contribution is -2.43. The van der Waals surface area contributed by atoms with Gasteiger partial charge in [0.25, 0.3) is 6.43 Å². The maximum absolute atomic E-state index is 13.4. The molecule has 2 atom stereocenters. The van der Waals surface area contributed by atoms with Crippen molar-refractivity contribution >= 4 is 27.7 Å². The van der Waals surface area contributed by atoms with E-state index in [1.165, 1.54) is 0 Å². The van der Waals surface area contributed by atoms with Gasteiger partial charge in [0.15, 0.2) is 0 Å². The first-order valence-corrected chi connectivity index (χ1v) is 9.98. The smallest absolute Gasteiger partial charge is 0.407 e. The van der Waals surface area contributed by atoms with Crippen LogP contribution in [0, 0.1) is 0 Å². The predicted molar refractivity (Wildman–Crippen MR) is 105 cm³/mol. The molecule has 0 radical (unpaired) electrons. The summed E-state index contributed by atoms with van der Waals surface area (Å²) in [6.45, 7) is -0.0327. The monoisotopic (exact) mass is 403 g/mol. The molecule has 1 N–H and O–H groups in total. The van der Waals surface area contributed by atoms with Crippen molar-refractivity contribution in [2.45, 2.75) is 24.0 Å². The van der Waals surface area contributed by atoms with Crippen LogP contribution in [0.1, 0.15) is 5.56 Å². The number of benzene rings is 3. The third-order valence-corrected chi connectivity index (χ3v) is 5.65. The van der Waals surface area contributed by atoms with Crippen molar-refractivity contribution in [2.75, 3.05) is 5.75 Å². The minimum atomic E-state index is -2.87. The Morgan fingerprint density at radius 3 is 2.39 bits per heavy atom. The molecule has 0 aromatic heterocycles. The van der Waals surface area contributed by atoms with Gasteiger partial charge in [-0.2, -0.15) is 0 Å². The van der Waals surface area contributed by atoms with Crippen LogP contribution in [0.2, 0.25) is 0 Å². The van der Waals surface area contributed by atoms with E-state index in [2.05, 4.69) is 5.32 Å². The Kier molecular flexibility index (Phi) is 6.71. The van der Waals surface area contributed by atoms with E-state index >= 15 is 0 Å². The molecule has 0 saturated heterocycles. The zero-order chi connectivity index (χ0) is 19.9. The van der Waals surface area contributed by atoms with Gasteiger partial charge in [0.05, 0.1) is 16.6 Å². The van der Waals surface area contributed by atoms with Gasteiger partial charge in [-0.05, 0) is 22.4 Å². The van der Waals surface area contributed by atoms with E-state index in [1.807, 2.05) is 24.3 Å². The van der Waals surface area contributed by atoms with Crippen LogP contribution in [-0.4, -0.2) is 28.5 Å². The van der Waals surface area contributed by atoms with Crippen LogP contribution >= 0.6 is 0 Å². The van der Waals surface area contributed by atoms with Gasteiger partial charge >= 0.3 is 6.09 Å². The van der Waals surface area contributed by atoms with Gasteiger partial charge < -0.3 is 10.1 Å². The summed E-state index contributed by atoms with van der Waals surface area (Å²) in [6, 6.07) is 19.9. The van der Waals surface area contributed by atoms with Crippen LogP contribution in [0.5, 0.6) is 0 Å². The highest BCUT2D eigenvalue weighted by molar-refractivity contribution is 7.85. The summed E-state index contributed by atoms with van der Waals surface area (Å²) in [4.78, 5) is 12.4. The number of alkyl carbamates (subject to hydrolysis) is 1. The molecule has 0 bridgehead atoms. The molecule has 3 rings (SSSR count). The second-order valence-corrected chi connectivity index (χ2v) is 7.60. The lowest BCUT2D eigenvalue weighted by atomic mass is 10.1. The zero-order valence-corrected chi connectivity index (χ0v) is 15.7. The molecule has 146 valence electrons. The largest absolute Gasteiger partial charge is 0.445 e. The fourth-order valence-corrected chi connectivity index (χ4v) is 4.14. The van der Waals surface area contributed by atoms with Gasteiger partial charge in [-0.15, -0.1) is 0 Å². The van der Waals surface area contributed by atoms with Crippen LogP contribution in [0.4, 0.5) is 13.6 Å². The van der Waals surface area contributed by atoms with Crippen molar-refractivity contribution in [1.29, 1.82) is 0 Å². The number of hydrogen-bond donors (Lipinski definition) is 1. The minimum absolute atomic E-state index is 0.0327. The molecule has 28 heavy (non-hydrogen) atoms. The van der Waals surface area contributed by atoms with Crippen molar-refractivity contribution in [3.63, 3.8) is 0 Å². The van der Waals surface area contributed by atoms with Crippen LogP contribution in [0.3, 0.4) is 0 Å². The van der Waals surface area contributed by atoms with Crippen molar-refractivity contribution in [1.82, 2.24) is 5.32 Å². The van der Waals surface area contributed by atoms with E-state index in [9.17, 15) is 17.8 Å². The summed E-state index contributed by atoms with van der Waals surface area (Å²) in [5, 5.41) is 3.74. The van der Waals surface area contributed by atoms with Crippen molar-refractivity contribution in [3.05, 3.63) is 78.4 Å². The Hall–Kier alpha value is -2.80. The maximum atomic E-state index is 13.4. The SMILES string of the molecule is O=C(N[C@@H](CS(=O)c1cccc2ccccc12)C(F)F)OCc1ccccc1. The van der Waals surface area contributed by atoms with E-state index in [-0.39, 0.29) is 6.61 Å². The lowest BCUT2D eigenvalue weighted by molar-refractivity contribution is 0.0902. The van der Waals surface area contributed by atoms with Gasteiger partial charge in [0.2, 0.25) is 0 Å². The molecule has 1 unspecified atom stereocenters. The van der Waals surface area contributed by atoms with E-state index in [0.29, 0.717) is 4.90 Å². The van der Waals surface area contributed by atoms with Crippen molar-refractivity contribution in [3.8, 4) is 0 Å². The van der Waals surface area contributed by atoms with Crippen LogP contribution in [0.15, 0.2) is 77.7 Å². The van der Waals surface area contributed by atoms with Gasteiger partial charge in [-0.25, -0.2) is 13.6 Å². The molecule has 0 aliphatic heterocycles. The van der Waals surface area contributed by atoms with Gasteiger partial charge in [-0.3, -0.25) is 4.21 Å². The first-order valence-electron chi connectivity index (χ1n) is 8.66. The quantitative estimate of drug-likeness (QED) is 0.632. The summed E-state index contributed by atoms with van der Waals surface area (Å²) in [5.41, 5.74) is 0.741. The summed E-state index contributed by atoms with van der Waals surface area (Å²) < 4.78 is 44.5. The number of rotatable bonds is 7. The molecule has 3 aromatic rings. The zero-order valence-electron chi connectivity index (χ0n) is 14.9. The lowest BCUT2D eigenvalue weighted by Gasteiger charge is -2.18. The summed E-state index contributed by atoms with van der Waals surface area (Å²) in [5.74, 6) is -0.411. The van der Waals surface area contributed by atoms with E-state index in [1.54, 1.807) is 48.5 Å². The first-order chi connectivity index (χ1) is 13.5. The molecular weight excluding hydrogens is 384 g/mol. The Morgan fingerprint density at radius 2 is 1.64 bits per heavy atom. The number of ether oxygens (including phenoxy) is 1. The fraction of sp³-hybridized carbons (Fsp3) is 0.190. The van der Waals surface area contributed by atoms with Crippen molar-refractivity contribution in [2.24, 2.45) is 0 Å². The molecule has 0 spiro atoms. The molecule has 1 amide bonds. The minimum Gasteiger partial charge on any atom is -0.445 e. The second-order valence-electron chi connectivity index (χ2n) is 6.14. The highest BCUT2D eigenvalue weighted by Gasteiger charge is 2.26. The molecule has 0 aliphatic rings. The molecule has 0 saturated carbocycles. The summed E-state index contributed by atoms with van der Waals surface area (Å²) in [6.07, 6.45) is -3.84. The molecule has 7 heteroatoms. The number of nitrogens with one attached hydrogen (secondary N) is 1. The fourth-order valence-electron chi connectivity index (χ4n) is 2.74. The predicted octanol–water partition coefficient (Wildman–Crippen LogP) is 4.51. The summed E-state index contributed by atoms with van der Waals surface area (Å²) in [7, 11) is -1.72. The number of amides is 1. The molecule has 3 aromatic carbocycles. The number of carbonyl (C=O) groups excluding carboxylic acids is 1. The average molecular weight is 403 g/mol. The Morgan fingerprint density at radius 1 is 0.964 bits per heavy atom. The number of alkyl halides is 2. The number of carbonyl (C=O) groups is 1.